The Morgan fingerprint density at radius 2 is 2.00 bits per heavy atom. The van der Waals surface area contributed by atoms with Crippen LogP contribution in [0.3, 0.4) is 0 Å². The third kappa shape index (κ3) is 3.14. The maximum absolute atomic E-state index is 12.5. The third-order valence-corrected chi connectivity index (χ3v) is 5.78. The number of nitrogens with one attached hydrogen (secondary N) is 1. The Morgan fingerprint density at radius 1 is 1.17 bits per heavy atom. The number of para-hydroxylation sites is 1. The average molecular weight is 423 g/mol. The van der Waals surface area contributed by atoms with Gasteiger partial charge in [0.1, 0.15) is 0 Å². The van der Waals surface area contributed by atoms with Crippen molar-refractivity contribution in [3.05, 3.63) is 58.4 Å². The molecule has 1 aliphatic heterocycles. The topological polar surface area (TPSA) is 99.8 Å². The van der Waals surface area contributed by atoms with Gasteiger partial charge in [-0.1, -0.05) is 30.0 Å². The highest BCUT2D eigenvalue weighted by molar-refractivity contribution is 7.99. The minimum atomic E-state index is -0.136. The molecule has 0 bridgehead atoms. The van der Waals surface area contributed by atoms with E-state index in [2.05, 4.69) is 15.5 Å². The van der Waals surface area contributed by atoms with Crippen molar-refractivity contribution in [3.63, 3.8) is 0 Å². The van der Waals surface area contributed by atoms with Gasteiger partial charge in [-0.2, -0.15) is 0 Å². The third-order valence-electron chi connectivity index (χ3n) is 4.86. The zero-order valence-electron chi connectivity index (χ0n) is 16.0. The summed E-state index contributed by atoms with van der Waals surface area (Å²) in [7, 11) is 1.66. The molecular formula is C20H17N5O4S. The lowest BCUT2D eigenvalue weighted by Gasteiger charge is -2.08. The van der Waals surface area contributed by atoms with Crippen molar-refractivity contribution in [3.8, 4) is 11.5 Å². The number of nitrogens with zero attached hydrogens (tertiary/aromatic N) is 4. The molecule has 0 fully saturated rings. The molecule has 4 aromatic rings. The number of fused-ring (bicyclic) bond motifs is 4. The minimum absolute atomic E-state index is 0.136. The maximum atomic E-state index is 12.5. The number of ether oxygens (including phenoxy) is 2. The minimum Gasteiger partial charge on any atom is -0.454 e. The van der Waals surface area contributed by atoms with Gasteiger partial charge in [-0.25, -0.2) is 0 Å². The zero-order chi connectivity index (χ0) is 20.7. The van der Waals surface area contributed by atoms with Crippen LogP contribution in [0, 0.1) is 0 Å². The van der Waals surface area contributed by atoms with Crippen LogP contribution >= 0.6 is 11.8 Å². The van der Waals surface area contributed by atoms with Crippen LogP contribution in [0.25, 0.3) is 16.7 Å². The molecule has 1 N–H and O–H groups in total. The number of aryl methyl sites for hydroxylation is 1. The van der Waals surface area contributed by atoms with Crippen molar-refractivity contribution in [2.24, 2.45) is 7.05 Å². The Kier molecular flexibility index (Phi) is 4.55. The van der Waals surface area contributed by atoms with Gasteiger partial charge in [0.2, 0.25) is 18.5 Å². The number of aromatic nitrogens is 4. The molecule has 0 saturated heterocycles. The van der Waals surface area contributed by atoms with Gasteiger partial charge in [-0.15, -0.1) is 10.2 Å². The summed E-state index contributed by atoms with van der Waals surface area (Å²) in [5, 5.41) is 12.3. The van der Waals surface area contributed by atoms with E-state index in [0.717, 1.165) is 5.56 Å². The smallest absolute Gasteiger partial charge is 0.262 e. The molecule has 0 saturated carbocycles. The molecular weight excluding hydrogens is 406 g/mol. The Bertz CT molecular complexity index is 1350. The summed E-state index contributed by atoms with van der Waals surface area (Å²) in [5.41, 5.74) is 1.50. The fourth-order valence-electron chi connectivity index (χ4n) is 3.34. The van der Waals surface area contributed by atoms with Crippen LogP contribution < -0.4 is 20.3 Å². The van der Waals surface area contributed by atoms with Crippen LogP contribution in [0.5, 0.6) is 11.5 Å². The molecule has 152 valence electrons. The van der Waals surface area contributed by atoms with E-state index in [9.17, 15) is 9.59 Å². The summed E-state index contributed by atoms with van der Waals surface area (Å²) in [6.07, 6.45) is 0. The number of benzene rings is 2. The van der Waals surface area contributed by atoms with Crippen molar-refractivity contribution < 1.29 is 14.3 Å². The van der Waals surface area contributed by atoms with Gasteiger partial charge in [0.25, 0.3) is 5.56 Å². The van der Waals surface area contributed by atoms with Gasteiger partial charge in [0.15, 0.2) is 16.7 Å². The van der Waals surface area contributed by atoms with E-state index < -0.39 is 0 Å². The first-order valence-electron chi connectivity index (χ1n) is 9.23. The molecule has 1 aliphatic rings. The highest BCUT2D eigenvalue weighted by Crippen LogP contribution is 2.32. The summed E-state index contributed by atoms with van der Waals surface area (Å²) in [6.45, 7) is 0.600. The van der Waals surface area contributed by atoms with E-state index in [-0.39, 0.29) is 24.0 Å². The Labute approximate surface area is 174 Å². The molecule has 0 spiro atoms. The molecule has 5 rings (SSSR count). The van der Waals surface area contributed by atoms with Crippen molar-refractivity contribution in [2.45, 2.75) is 11.7 Å². The number of carbonyl (C=O) groups excluding carboxylic acids is 1. The van der Waals surface area contributed by atoms with E-state index in [1.165, 1.54) is 16.3 Å². The standard InChI is InChI=1S/C20H17N5O4S/c1-24-18(27)13-4-2-3-5-14(13)25-19(24)22-23-20(25)30-10-17(26)21-9-12-6-7-15-16(8-12)29-11-28-15/h2-8H,9-11H2,1H3,(H,21,26). The predicted octanol–water partition coefficient (Wildman–Crippen LogP) is 1.72. The largest absolute Gasteiger partial charge is 0.454 e. The summed E-state index contributed by atoms with van der Waals surface area (Å²) >= 11 is 1.27. The van der Waals surface area contributed by atoms with E-state index in [4.69, 9.17) is 9.47 Å². The summed E-state index contributed by atoms with van der Waals surface area (Å²) in [5.74, 6) is 1.86. The summed E-state index contributed by atoms with van der Waals surface area (Å²) in [4.78, 5) is 24.9. The second-order valence-electron chi connectivity index (χ2n) is 6.75. The van der Waals surface area contributed by atoms with Crippen molar-refractivity contribution in [1.82, 2.24) is 24.5 Å². The van der Waals surface area contributed by atoms with Crippen LogP contribution in [-0.4, -0.2) is 37.6 Å². The first kappa shape index (κ1) is 18.5. The van der Waals surface area contributed by atoms with Gasteiger partial charge in [-0.3, -0.25) is 18.6 Å². The average Bonchev–Trinajstić information content (AvgIpc) is 3.41. The van der Waals surface area contributed by atoms with Crippen LogP contribution in [0.1, 0.15) is 5.56 Å². The van der Waals surface area contributed by atoms with Gasteiger partial charge in [0.05, 0.1) is 16.7 Å². The molecule has 30 heavy (non-hydrogen) atoms. The SMILES string of the molecule is Cn1c(=O)c2ccccc2n2c(SCC(=O)NCc3ccc4c(c3)OCO4)nnc12. The van der Waals surface area contributed by atoms with Gasteiger partial charge < -0.3 is 14.8 Å². The molecule has 3 heterocycles. The molecule has 2 aromatic carbocycles. The van der Waals surface area contributed by atoms with Crippen LogP contribution in [0.2, 0.25) is 0 Å². The van der Waals surface area contributed by atoms with Gasteiger partial charge in [-0.05, 0) is 29.8 Å². The first-order valence-corrected chi connectivity index (χ1v) is 10.2. The Hall–Kier alpha value is -3.53. The fourth-order valence-corrected chi connectivity index (χ4v) is 4.11. The lowest BCUT2D eigenvalue weighted by Crippen LogP contribution is -2.24. The lowest BCUT2D eigenvalue weighted by molar-refractivity contribution is -0.118. The summed E-state index contributed by atoms with van der Waals surface area (Å²) in [6, 6.07) is 12.9. The molecule has 0 aliphatic carbocycles. The van der Waals surface area contributed by atoms with E-state index >= 15 is 0 Å². The lowest BCUT2D eigenvalue weighted by atomic mass is 10.2. The molecule has 10 heteroatoms. The molecule has 0 atom stereocenters. The van der Waals surface area contributed by atoms with Gasteiger partial charge >= 0.3 is 0 Å². The second kappa shape index (κ2) is 7.38. The molecule has 0 radical (unpaired) electrons. The van der Waals surface area contributed by atoms with Crippen LogP contribution in [0.4, 0.5) is 0 Å². The molecule has 2 aromatic heterocycles. The first-order chi connectivity index (χ1) is 14.6. The molecule has 0 unspecified atom stereocenters. The van der Waals surface area contributed by atoms with Crippen molar-refractivity contribution in [1.29, 1.82) is 0 Å². The summed E-state index contributed by atoms with van der Waals surface area (Å²) < 4.78 is 13.9. The maximum Gasteiger partial charge on any atom is 0.262 e. The van der Waals surface area contributed by atoms with E-state index in [1.807, 2.05) is 36.4 Å². The van der Waals surface area contributed by atoms with Crippen LogP contribution in [0.15, 0.2) is 52.4 Å². The fraction of sp³-hybridized carbons (Fsp3) is 0.200. The number of hydrogen-bond donors (Lipinski definition) is 1. The van der Waals surface area contributed by atoms with Crippen LogP contribution in [-0.2, 0) is 18.4 Å². The normalized spacial score (nSPS) is 12.6. The number of thioether (sulfide) groups is 1. The highest BCUT2D eigenvalue weighted by atomic mass is 32.2. The number of hydrogen-bond acceptors (Lipinski definition) is 7. The van der Waals surface area contributed by atoms with Crippen molar-refractivity contribution >= 4 is 34.3 Å². The van der Waals surface area contributed by atoms with Gasteiger partial charge in [0, 0.05) is 13.6 Å². The Balaban J connectivity index is 1.32. The predicted molar refractivity (Wildman–Crippen MR) is 111 cm³/mol. The number of amides is 1. The quantitative estimate of drug-likeness (QED) is 0.488. The molecule has 1 amide bonds. The van der Waals surface area contributed by atoms with E-state index in [0.29, 0.717) is 39.9 Å². The number of rotatable bonds is 5. The Morgan fingerprint density at radius 3 is 2.90 bits per heavy atom. The second-order valence-corrected chi connectivity index (χ2v) is 7.69. The highest BCUT2D eigenvalue weighted by Gasteiger charge is 2.16. The zero-order valence-corrected chi connectivity index (χ0v) is 16.8. The molecule has 9 nitrogen and oxygen atoms in total. The van der Waals surface area contributed by atoms with E-state index in [1.54, 1.807) is 17.5 Å². The van der Waals surface area contributed by atoms with Crippen molar-refractivity contribution in [2.75, 3.05) is 12.5 Å². The number of carbonyl (C=O) groups is 1. The monoisotopic (exact) mass is 423 g/mol.